The minimum atomic E-state index is -0.611. The standard InChI is InChI=1S/C56H71FN8O7/c1-55(2,3)72-54(71)65-24-18-39(19-25-65)41-12-9-13-42(36-41)50(67)58-49(40-10-5-4-6-11-40)53(70)63-28-22-56(23-29-63)20-26-61(27-21-56)37-48(66)62-30-32-64(33-31-62)52(69)45-34-38(16-17-46(45)57)35-47-43-14-7-8-15-44(43)51(68)60-59-47/h7-9,12-17,34,36,39-40,49H,4-6,10-11,18-33,35,37H2,1-3H3,(H,58,67)(H,60,68)/t49-/m1/s1. The number of piperazine rings is 1. The first-order valence-corrected chi connectivity index (χ1v) is 26.3. The van der Waals surface area contributed by atoms with Crippen LogP contribution in [0.1, 0.15) is 135 Å². The maximum Gasteiger partial charge on any atom is 0.410 e. The topological polar surface area (TPSA) is 169 Å². The van der Waals surface area contributed by atoms with Gasteiger partial charge < -0.3 is 29.7 Å². The molecule has 0 bridgehead atoms. The Morgan fingerprint density at radius 3 is 2.11 bits per heavy atom. The predicted molar refractivity (Wildman–Crippen MR) is 272 cm³/mol. The van der Waals surface area contributed by atoms with Crippen LogP contribution in [0, 0.1) is 17.2 Å². The van der Waals surface area contributed by atoms with Crippen molar-refractivity contribution in [2.75, 3.05) is 72.0 Å². The zero-order valence-corrected chi connectivity index (χ0v) is 42.3. The number of hydrogen-bond acceptors (Lipinski definition) is 9. The van der Waals surface area contributed by atoms with Gasteiger partial charge in [-0.3, -0.25) is 28.9 Å². The van der Waals surface area contributed by atoms with Gasteiger partial charge in [-0.2, -0.15) is 5.10 Å². The number of ether oxygens (including phenoxy) is 1. The van der Waals surface area contributed by atoms with E-state index < -0.39 is 23.4 Å². The fourth-order valence-corrected chi connectivity index (χ4v) is 11.8. The monoisotopic (exact) mass is 987 g/mol. The molecule has 4 aromatic rings. The van der Waals surface area contributed by atoms with Crippen LogP contribution in [-0.4, -0.2) is 148 Å². The number of H-pyrrole nitrogens is 1. The SMILES string of the molecule is CC(C)(C)OC(=O)N1CCC(c2cccc(C(=O)N[C@@H](C(=O)N3CCC4(CCN(CC(=O)N5CCN(C(=O)c6cc(Cc7n[nH]c(=O)c8ccccc78)ccc6F)CC5)CC4)CC3)C3CCCCC3)c2)CC1. The number of fused-ring (bicyclic) bond motifs is 1. The van der Waals surface area contributed by atoms with Crippen molar-refractivity contribution >= 4 is 40.5 Å². The Bertz CT molecular complexity index is 2680. The van der Waals surface area contributed by atoms with Gasteiger partial charge in [0, 0.05) is 69.7 Å². The molecule has 5 amide bonds. The molecular weight excluding hydrogens is 916 g/mol. The summed E-state index contributed by atoms with van der Waals surface area (Å²) < 4.78 is 20.7. The minimum Gasteiger partial charge on any atom is -0.444 e. The van der Waals surface area contributed by atoms with Crippen LogP contribution in [-0.2, 0) is 20.7 Å². The molecule has 5 heterocycles. The molecule has 16 heteroatoms. The first-order valence-electron chi connectivity index (χ1n) is 26.3. The number of carbonyl (C=O) groups excluding carboxylic acids is 5. The van der Waals surface area contributed by atoms with E-state index in [0.29, 0.717) is 92.9 Å². The molecule has 4 saturated heterocycles. The van der Waals surface area contributed by atoms with Crippen LogP contribution in [0.3, 0.4) is 0 Å². The van der Waals surface area contributed by atoms with Crippen LogP contribution in [0.15, 0.2) is 71.5 Å². The molecule has 5 fully saturated rings. The first-order chi connectivity index (χ1) is 34.6. The van der Waals surface area contributed by atoms with Crippen molar-refractivity contribution in [3.8, 4) is 0 Å². The van der Waals surface area contributed by atoms with E-state index in [0.717, 1.165) is 89.3 Å². The Morgan fingerprint density at radius 1 is 0.750 bits per heavy atom. The van der Waals surface area contributed by atoms with E-state index in [1.54, 1.807) is 39.0 Å². The van der Waals surface area contributed by atoms with E-state index >= 15 is 4.39 Å². The third kappa shape index (κ3) is 11.9. The normalized spacial score (nSPS) is 19.8. The van der Waals surface area contributed by atoms with Gasteiger partial charge in [0.1, 0.15) is 17.5 Å². The Hall–Kier alpha value is -6.16. The molecule has 2 N–H and O–H groups in total. The van der Waals surface area contributed by atoms with Gasteiger partial charge in [0.05, 0.1) is 23.2 Å². The molecule has 72 heavy (non-hydrogen) atoms. The van der Waals surface area contributed by atoms with Gasteiger partial charge in [-0.15, -0.1) is 0 Å². The van der Waals surface area contributed by atoms with Crippen LogP contribution < -0.4 is 10.9 Å². The van der Waals surface area contributed by atoms with Gasteiger partial charge in [0.25, 0.3) is 17.4 Å². The van der Waals surface area contributed by atoms with Gasteiger partial charge in [0.15, 0.2) is 0 Å². The van der Waals surface area contributed by atoms with E-state index in [1.165, 1.54) is 6.07 Å². The first kappa shape index (κ1) is 50.8. The van der Waals surface area contributed by atoms with Gasteiger partial charge in [-0.25, -0.2) is 14.3 Å². The van der Waals surface area contributed by atoms with Crippen LogP contribution in [0.4, 0.5) is 9.18 Å². The van der Waals surface area contributed by atoms with Crippen molar-refractivity contribution in [3.63, 3.8) is 0 Å². The molecule has 1 spiro atoms. The second-order valence-corrected chi connectivity index (χ2v) is 22.0. The number of hydrogen-bond donors (Lipinski definition) is 2. The van der Waals surface area contributed by atoms with Crippen molar-refractivity contribution in [3.05, 3.63) is 111 Å². The highest BCUT2D eigenvalue weighted by Crippen LogP contribution is 2.42. The van der Waals surface area contributed by atoms with Gasteiger partial charge in [0.2, 0.25) is 11.8 Å². The smallest absolute Gasteiger partial charge is 0.410 e. The lowest BCUT2D eigenvalue weighted by atomic mass is 9.71. The van der Waals surface area contributed by atoms with E-state index in [4.69, 9.17) is 4.74 Å². The Morgan fingerprint density at radius 2 is 1.42 bits per heavy atom. The van der Waals surface area contributed by atoms with E-state index in [1.807, 2.05) is 56.0 Å². The Labute approximate surface area is 421 Å². The average Bonchev–Trinajstić information content (AvgIpc) is 3.39. The minimum absolute atomic E-state index is 0.0215. The predicted octanol–water partition coefficient (Wildman–Crippen LogP) is 7.14. The molecule has 1 atom stereocenters. The molecule has 1 saturated carbocycles. The lowest BCUT2D eigenvalue weighted by Gasteiger charge is -2.47. The number of rotatable bonds is 10. The number of carbonyl (C=O) groups is 5. The zero-order chi connectivity index (χ0) is 50.6. The maximum atomic E-state index is 15.2. The number of amides is 5. The highest BCUT2D eigenvalue weighted by molar-refractivity contribution is 5.98. The van der Waals surface area contributed by atoms with Crippen molar-refractivity contribution in [2.24, 2.45) is 11.3 Å². The number of halogens is 1. The number of piperidine rings is 3. The molecule has 4 aliphatic heterocycles. The third-order valence-corrected chi connectivity index (χ3v) is 16.2. The average molecular weight is 987 g/mol. The molecule has 1 aromatic heterocycles. The molecular formula is C56H71FN8O7. The second kappa shape index (κ2) is 21.9. The number of aromatic amines is 1. The summed E-state index contributed by atoms with van der Waals surface area (Å²) in [6, 6.07) is 18.8. The molecule has 9 rings (SSSR count). The summed E-state index contributed by atoms with van der Waals surface area (Å²) in [6.45, 7) is 11.3. The summed E-state index contributed by atoms with van der Waals surface area (Å²) in [4.78, 5) is 90.1. The van der Waals surface area contributed by atoms with Crippen molar-refractivity contribution < 1.29 is 33.1 Å². The van der Waals surface area contributed by atoms with Crippen LogP contribution in [0.25, 0.3) is 10.8 Å². The molecule has 0 unspecified atom stereocenters. The quantitative estimate of drug-likeness (QED) is 0.168. The number of likely N-dealkylation sites (tertiary alicyclic amines) is 3. The molecule has 3 aromatic carbocycles. The van der Waals surface area contributed by atoms with Crippen LogP contribution in [0.2, 0.25) is 0 Å². The van der Waals surface area contributed by atoms with Gasteiger partial charge >= 0.3 is 6.09 Å². The van der Waals surface area contributed by atoms with Crippen LogP contribution >= 0.6 is 0 Å². The summed E-state index contributed by atoms with van der Waals surface area (Å²) in [6.07, 6.45) is 10.3. The maximum absolute atomic E-state index is 15.2. The zero-order valence-electron chi connectivity index (χ0n) is 42.3. The largest absolute Gasteiger partial charge is 0.444 e. The molecule has 1 aliphatic carbocycles. The third-order valence-electron chi connectivity index (χ3n) is 16.2. The highest BCUT2D eigenvalue weighted by atomic mass is 19.1. The molecule has 5 aliphatic rings. The second-order valence-electron chi connectivity index (χ2n) is 22.0. The van der Waals surface area contributed by atoms with E-state index in [-0.39, 0.29) is 52.2 Å². The fraction of sp³-hybridized carbons (Fsp3) is 0.554. The summed E-state index contributed by atoms with van der Waals surface area (Å²) in [5.74, 6) is -0.895. The highest BCUT2D eigenvalue weighted by Gasteiger charge is 2.42. The summed E-state index contributed by atoms with van der Waals surface area (Å²) >= 11 is 0. The van der Waals surface area contributed by atoms with E-state index in [2.05, 4.69) is 26.5 Å². The van der Waals surface area contributed by atoms with E-state index in [9.17, 15) is 28.8 Å². The molecule has 0 radical (unpaired) electrons. The van der Waals surface area contributed by atoms with Crippen LogP contribution in [0.5, 0.6) is 0 Å². The molecule has 15 nitrogen and oxygen atoms in total. The van der Waals surface area contributed by atoms with Gasteiger partial charge in [-0.1, -0.05) is 55.7 Å². The number of aromatic nitrogens is 2. The summed E-state index contributed by atoms with van der Waals surface area (Å²) in [5, 5.41) is 11.2. The Kier molecular flexibility index (Phi) is 15.4. The lowest BCUT2D eigenvalue weighted by molar-refractivity contribution is -0.139. The number of benzene rings is 3. The number of nitrogens with one attached hydrogen (secondary N) is 2. The van der Waals surface area contributed by atoms with Crippen molar-refractivity contribution in [2.45, 2.75) is 115 Å². The van der Waals surface area contributed by atoms with Gasteiger partial charge in [-0.05, 0) is 144 Å². The number of nitrogens with zero attached hydrogens (tertiary/aromatic N) is 6. The Balaban J connectivity index is 0.732. The fourth-order valence-electron chi connectivity index (χ4n) is 11.8. The molecule has 384 valence electrons. The van der Waals surface area contributed by atoms with Crippen molar-refractivity contribution in [1.82, 2.24) is 40.0 Å². The summed E-state index contributed by atoms with van der Waals surface area (Å²) in [5.41, 5.74) is 2.18. The summed E-state index contributed by atoms with van der Waals surface area (Å²) in [7, 11) is 0. The lowest BCUT2D eigenvalue weighted by Crippen LogP contribution is -2.56. The van der Waals surface area contributed by atoms with Crippen molar-refractivity contribution in [1.29, 1.82) is 0 Å².